The number of hydrogen-bond donors (Lipinski definition) is 2. The van der Waals surface area contributed by atoms with Crippen molar-refractivity contribution < 1.29 is 10.2 Å². The van der Waals surface area contributed by atoms with Crippen molar-refractivity contribution in [1.82, 2.24) is 4.90 Å². The van der Waals surface area contributed by atoms with E-state index in [-0.39, 0.29) is 0 Å². The van der Waals surface area contributed by atoms with Gasteiger partial charge in [0.15, 0.2) is 0 Å². The summed E-state index contributed by atoms with van der Waals surface area (Å²) in [6, 6.07) is 0.615. The lowest BCUT2D eigenvalue weighted by molar-refractivity contribution is 0.0572. The maximum atomic E-state index is 9.48. The Labute approximate surface area is 85.7 Å². The summed E-state index contributed by atoms with van der Waals surface area (Å²) in [5, 5.41) is 19.0. The predicted molar refractivity (Wildman–Crippen MR) is 55.1 cm³/mol. The quantitative estimate of drug-likeness (QED) is 0.612. The lowest BCUT2D eigenvalue weighted by atomic mass is 10.1. The van der Waals surface area contributed by atoms with Gasteiger partial charge in [-0.25, -0.2) is 0 Å². The van der Waals surface area contributed by atoms with Crippen LogP contribution in [0.5, 0.6) is 0 Å². The molecule has 0 aromatic heterocycles. The first-order valence-electron chi connectivity index (χ1n) is 5.87. The molecule has 14 heavy (non-hydrogen) atoms. The maximum absolute atomic E-state index is 9.48. The van der Waals surface area contributed by atoms with E-state index in [1.165, 1.54) is 38.5 Å². The van der Waals surface area contributed by atoms with E-state index in [1.54, 1.807) is 0 Å². The van der Waals surface area contributed by atoms with Crippen LogP contribution in [-0.4, -0.2) is 46.5 Å². The van der Waals surface area contributed by atoms with E-state index in [0.717, 1.165) is 0 Å². The predicted octanol–water partition coefficient (Wildman–Crippen LogP) is 0.747. The Morgan fingerprint density at radius 2 is 1.29 bits per heavy atom. The van der Waals surface area contributed by atoms with Crippen molar-refractivity contribution in [2.75, 3.05) is 13.1 Å². The summed E-state index contributed by atoms with van der Waals surface area (Å²) in [7, 11) is 0. The first-order chi connectivity index (χ1) is 6.77. The molecule has 1 aliphatic carbocycles. The molecule has 0 amide bonds. The van der Waals surface area contributed by atoms with Crippen molar-refractivity contribution >= 4 is 0 Å². The highest BCUT2D eigenvalue weighted by molar-refractivity contribution is 4.87. The number of aliphatic hydroxyl groups is 2. The Hall–Kier alpha value is -0.120. The van der Waals surface area contributed by atoms with Crippen LogP contribution in [0.2, 0.25) is 0 Å². The van der Waals surface area contributed by atoms with E-state index in [2.05, 4.69) is 4.90 Å². The fourth-order valence-electron chi connectivity index (χ4n) is 2.72. The Kier molecular flexibility index (Phi) is 3.42. The van der Waals surface area contributed by atoms with Crippen LogP contribution in [0.15, 0.2) is 0 Å². The van der Waals surface area contributed by atoms with Gasteiger partial charge in [-0.15, -0.1) is 0 Å². The molecule has 0 spiro atoms. The fraction of sp³-hybridized carbons (Fsp3) is 1.00. The Bertz CT molecular complexity index is 168. The molecule has 1 saturated heterocycles. The van der Waals surface area contributed by atoms with Gasteiger partial charge in [0.2, 0.25) is 0 Å². The molecule has 2 fully saturated rings. The minimum absolute atomic E-state index is 0.516. The fourth-order valence-corrected chi connectivity index (χ4v) is 2.72. The van der Waals surface area contributed by atoms with Crippen molar-refractivity contribution in [3.05, 3.63) is 0 Å². The average molecular weight is 199 g/mol. The van der Waals surface area contributed by atoms with E-state index in [0.29, 0.717) is 19.1 Å². The van der Waals surface area contributed by atoms with Crippen LogP contribution in [0, 0.1) is 0 Å². The highest BCUT2D eigenvalue weighted by Gasteiger charge is 2.33. The zero-order valence-electron chi connectivity index (χ0n) is 8.73. The number of aliphatic hydroxyl groups excluding tert-OH is 2. The van der Waals surface area contributed by atoms with E-state index < -0.39 is 12.2 Å². The number of rotatable bonds is 1. The maximum Gasteiger partial charge on any atom is 0.0938 e. The molecule has 0 radical (unpaired) electrons. The molecule has 1 aliphatic heterocycles. The first-order valence-corrected chi connectivity index (χ1v) is 5.87. The van der Waals surface area contributed by atoms with Gasteiger partial charge in [0, 0.05) is 19.1 Å². The van der Waals surface area contributed by atoms with Gasteiger partial charge in [-0.2, -0.15) is 0 Å². The van der Waals surface area contributed by atoms with Gasteiger partial charge in [-0.3, -0.25) is 4.90 Å². The van der Waals surface area contributed by atoms with Crippen LogP contribution in [-0.2, 0) is 0 Å². The molecule has 2 atom stereocenters. The molecule has 2 aliphatic rings. The monoisotopic (exact) mass is 199 g/mol. The highest BCUT2D eigenvalue weighted by Crippen LogP contribution is 2.25. The molecule has 1 saturated carbocycles. The number of nitrogens with zero attached hydrogens (tertiary/aromatic N) is 1. The van der Waals surface area contributed by atoms with E-state index in [4.69, 9.17) is 0 Å². The van der Waals surface area contributed by atoms with Crippen molar-refractivity contribution in [3.63, 3.8) is 0 Å². The smallest absolute Gasteiger partial charge is 0.0938 e. The topological polar surface area (TPSA) is 43.7 Å². The lowest BCUT2D eigenvalue weighted by Crippen LogP contribution is -2.33. The zero-order chi connectivity index (χ0) is 9.97. The molecule has 3 nitrogen and oxygen atoms in total. The third-order valence-corrected chi connectivity index (χ3v) is 3.63. The van der Waals surface area contributed by atoms with Crippen molar-refractivity contribution in [3.8, 4) is 0 Å². The summed E-state index contributed by atoms with van der Waals surface area (Å²) in [6.07, 6.45) is 6.81. The summed E-state index contributed by atoms with van der Waals surface area (Å²) in [5.41, 5.74) is 0. The summed E-state index contributed by atoms with van der Waals surface area (Å²) in [5.74, 6) is 0. The largest absolute Gasteiger partial charge is 0.389 e. The summed E-state index contributed by atoms with van der Waals surface area (Å²) >= 11 is 0. The molecule has 0 aromatic rings. The second-order valence-electron chi connectivity index (χ2n) is 4.73. The first kappa shape index (κ1) is 10.4. The van der Waals surface area contributed by atoms with Crippen LogP contribution >= 0.6 is 0 Å². The molecule has 3 heteroatoms. The Morgan fingerprint density at radius 1 is 0.786 bits per heavy atom. The van der Waals surface area contributed by atoms with Gasteiger partial charge in [-0.05, 0) is 12.8 Å². The summed E-state index contributed by atoms with van der Waals surface area (Å²) in [4.78, 5) is 2.28. The molecule has 2 N–H and O–H groups in total. The normalized spacial score (nSPS) is 37.3. The SMILES string of the molecule is O[C@@H]1CN(C2CCCCCC2)C[C@@H]1O. The molecular weight excluding hydrogens is 178 g/mol. The van der Waals surface area contributed by atoms with Gasteiger partial charge >= 0.3 is 0 Å². The zero-order valence-corrected chi connectivity index (χ0v) is 8.73. The molecule has 82 valence electrons. The average Bonchev–Trinajstić information content (AvgIpc) is 2.46. The molecule has 1 heterocycles. The van der Waals surface area contributed by atoms with Gasteiger partial charge in [0.25, 0.3) is 0 Å². The summed E-state index contributed by atoms with van der Waals surface area (Å²) in [6.45, 7) is 1.34. The van der Waals surface area contributed by atoms with Crippen LogP contribution in [0.25, 0.3) is 0 Å². The van der Waals surface area contributed by atoms with Gasteiger partial charge < -0.3 is 10.2 Å². The second-order valence-corrected chi connectivity index (χ2v) is 4.73. The Morgan fingerprint density at radius 3 is 1.79 bits per heavy atom. The van der Waals surface area contributed by atoms with Crippen molar-refractivity contribution in [2.24, 2.45) is 0 Å². The van der Waals surface area contributed by atoms with Gasteiger partial charge in [0.05, 0.1) is 12.2 Å². The van der Waals surface area contributed by atoms with Crippen LogP contribution < -0.4 is 0 Å². The highest BCUT2D eigenvalue weighted by atomic mass is 16.3. The number of β-amino-alcohol motifs (C(OH)–C–C–N with tert-alkyl or cyclic N) is 2. The third-order valence-electron chi connectivity index (χ3n) is 3.63. The summed E-state index contributed by atoms with van der Waals surface area (Å²) < 4.78 is 0. The molecule has 0 bridgehead atoms. The third kappa shape index (κ3) is 2.27. The van der Waals surface area contributed by atoms with Crippen LogP contribution in [0.3, 0.4) is 0 Å². The molecule has 0 aromatic carbocycles. The van der Waals surface area contributed by atoms with Gasteiger partial charge in [0.1, 0.15) is 0 Å². The Balaban J connectivity index is 1.88. The molecular formula is C11H21NO2. The van der Waals surface area contributed by atoms with E-state index in [9.17, 15) is 10.2 Å². The van der Waals surface area contributed by atoms with E-state index >= 15 is 0 Å². The van der Waals surface area contributed by atoms with Gasteiger partial charge in [-0.1, -0.05) is 25.7 Å². The standard InChI is InChI=1S/C11H21NO2/c13-10-7-12(8-11(10)14)9-5-3-1-2-4-6-9/h9-11,13-14H,1-8H2/t10-,11+. The number of likely N-dealkylation sites (tertiary alicyclic amines) is 1. The second kappa shape index (κ2) is 4.60. The van der Waals surface area contributed by atoms with Crippen molar-refractivity contribution in [1.29, 1.82) is 0 Å². The minimum atomic E-state index is -0.516. The minimum Gasteiger partial charge on any atom is -0.389 e. The van der Waals surface area contributed by atoms with Crippen LogP contribution in [0.4, 0.5) is 0 Å². The lowest BCUT2D eigenvalue weighted by Gasteiger charge is -2.25. The molecule has 0 unspecified atom stereocenters. The van der Waals surface area contributed by atoms with Crippen LogP contribution in [0.1, 0.15) is 38.5 Å². The molecule has 2 rings (SSSR count). The van der Waals surface area contributed by atoms with Crippen molar-refractivity contribution in [2.45, 2.75) is 56.8 Å². The number of hydrogen-bond acceptors (Lipinski definition) is 3. The van der Waals surface area contributed by atoms with E-state index in [1.807, 2.05) is 0 Å².